The van der Waals surface area contributed by atoms with Gasteiger partial charge in [-0.25, -0.2) is 9.29 Å². The number of aromatic nitrogens is 3. The lowest BCUT2D eigenvalue weighted by molar-refractivity contribution is 0.122. The van der Waals surface area contributed by atoms with Gasteiger partial charge in [-0.2, -0.15) is 18.4 Å². The molecule has 37 heavy (non-hydrogen) atoms. The van der Waals surface area contributed by atoms with Gasteiger partial charge >= 0.3 is 0 Å². The van der Waals surface area contributed by atoms with Crippen LogP contribution in [0.4, 0.5) is 11.8 Å². The van der Waals surface area contributed by atoms with Gasteiger partial charge in [-0.1, -0.05) is 43.1 Å². The zero-order valence-corrected chi connectivity index (χ0v) is 23.1. The summed E-state index contributed by atoms with van der Waals surface area (Å²) in [7, 11) is -1.28. The third-order valence-corrected chi connectivity index (χ3v) is 8.02. The lowest BCUT2D eigenvalue weighted by Crippen LogP contribution is -2.38. The Balaban J connectivity index is 1.81. The van der Waals surface area contributed by atoms with Gasteiger partial charge in [-0.3, -0.25) is 0 Å². The molecule has 1 aromatic carbocycles. The highest BCUT2D eigenvalue weighted by molar-refractivity contribution is 7.92. The number of rotatable bonds is 8. The molecule has 3 heterocycles. The highest BCUT2D eigenvalue weighted by atomic mass is 35.5. The summed E-state index contributed by atoms with van der Waals surface area (Å²) in [4.78, 5) is 15.0. The quantitative estimate of drug-likeness (QED) is 0.356. The van der Waals surface area contributed by atoms with E-state index in [-0.39, 0.29) is 44.4 Å². The van der Waals surface area contributed by atoms with Crippen LogP contribution >= 0.6 is 23.2 Å². The fourth-order valence-corrected chi connectivity index (χ4v) is 4.96. The molecule has 0 saturated carbocycles. The molecule has 1 saturated heterocycles. The Bertz CT molecular complexity index is 1370. The highest BCUT2D eigenvalue weighted by Crippen LogP contribution is 2.42. The number of methoxy groups -OCH3 is 1. The molecular formula is C24H27Cl2N5O5S. The molecular weight excluding hydrogens is 541 g/mol. The summed E-state index contributed by atoms with van der Waals surface area (Å²) in [5, 5.41) is 0.0273. The van der Waals surface area contributed by atoms with E-state index in [0.29, 0.717) is 32.1 Å². The first kappa shape index (κ1) is 27.2. The summed E-state index contributed by atoms with van der Waals surface area (Å²) in [6, 6.07) is 8.01. The maximum atomic E-state index is 13.6. The lowest BCUT2D eigenvalue weighted by atomic mass is 10.1. The van der Waals surface area contributed by atoms with Gasteiger partial charge < -0.3 is 19.1 Å². The Morgan fingerprint density at radius 1 is 1.11 bits per heavy atom. The molecule has 1 aliphatic rings. The Morgan fingerprint density at radius 3 is 2.46 bits per heavy atom. The number of hydrogen-bond acceptors (Lipinski definition) is 9. The molecule has 3 aromatic rings. The van der Waals surface area contributed by atoms with Gasteiger partial charge in [-0.15, -0.1) is 0 Å². The zero-order valence-electron chi connectivity index (χ0n) is 20.8. The molecule has 0 aliphatic carbocycles. The predicted molar refractivity (Wildman–Crippen MR) is 142 cm³/mol. The molecule has 0 unspecified atom stereocenters. The van der Waals surface area contributed by atoms with E-state index in [9.17, 15) is 8.42 Å². The van der Waals surface area contributed by atoms with Crippen molar-refractivity contribution in [3.8, 4) is 17.2 Å². The van der Waals surface area contributed by atoms with Gasteiger partial charge in [0, 0.05) is 32.4 Å². The average molecular weight is 568 g/mol. The topological polar surface area (TPSA) is 107 Å². The van der Waals surface area contributed by atoms with Crippen LogP contribution < -0.4 is 18.7 Å². The van der Waals surface area contributed by atoms with Crippen LogP contribution in [0.5, 0.6) is 17.2 Å². The second kappa shape index (κ2) is 11.3. The molecule has 4 rings (SSSR count). The molecule has 0 atom stereocenters. The largest absolute Gasteiger partial charge is 0.497 e. The van der Waals surface area contributed by atoms with Crippen molar-refractivity contribution in [2.24, 2.45) is 0 Å². The van der Waals surface area contributed by atoms with Crippen LogP contribution in [0, 0.1) is 0 Å². The third kappa shape index (κ3) is 5.85. The van der Waals surface area contributed by atoms with Gasteiger partial charge in [0.2, 0.25) is 11.7 Å². The van der Waals surface area contributed by atoms with E-state index >= 15 is 0 Å². The van der Waals surface area contributed by atoms with Crippen molar-refractivity contribution in [3.63, 3.8) is 0 Å². The van der Waals surface area contributed by atoms with Crippen LogP contribution in [-0.2, 0) is 14.8 Å². The summed E-state index contributed by atoms with van der Waals surface area (Å²) in [6.45, 7) is 6.00. The number of pyridine rings is 1. The number of nitrogens with zero attached hydrogens (tertiary/aromatic N) is 5. The number of morpholine rings is 1. The van der Waals surface area contributed by atoms with Crippen LogP contribution in [0.3, 0.4) is 0 Å². The van der Waals surface area contributed by atoms with Gasteiger partial charge in [0.15, 0.2) is 16.0 Å². The van der Waals surface area contributed by atoms with Crippen LogP contribution in [0.1, 0.15) is 25.3 Å². The van der Waals surface area contributed by atoms with Crippen molar-refractivity contribution in [2.45, 2.75) is 24.8 Å². The number of halogens is 2. The monoisotopic (exact) mass is 567 g/mol. The second-order valence-electron chi connectivity index (χ2n) is 8.52. The molecule has 0 amide bonds. The van der Waals surface area contributed by atoms with E-state index in [4.69, 9.17) is 37.4 Å². The summed E-state index contributed by atoms with van der Waals surface area (Å²) >= 11 is 12.9. The summed E-state index contributed by atoms with van der Waals surface area (Å²) in [6.07, 6.45) is 1.55. The molecule has 1 aliphatic heterocycles. The summed E-state index contributed by atoms with van der Waals surface area (Å²) in [5.74, 6) is 0.966. The fourth-order valence-electron chi connectivity index (χ4n) is 3.55. The molecule has 0 spiro atoms. The first-order valence-corrected chi connectivity index (χ1v) is 13.7. The van der Waals surface area contributed by atoms with E-state index in [1.165, 1.54) is 20.2 Å². The Labute approximate surface area is 226 Å². The Morgan fingerprint density at radius 2 is 1.84 bits per heavy atom. The third-order valence-electron chi connectivity index (χ3n) is 5.79. The van der Waals surface area contributed by atoms with Gasteiger partial charge in [0.1, 0.15) is 11.5 Å². The maximum absolute atomic E-state index is 13.6. The minimum Gasteiger partial charge on any atom is -0.497 e. The SMILES string of the molecule is COc1ccc(Cl)c(Oc2c(Cl)nc(N3CCOCC3)nc2N(C)S(=O)(=O)c2ccc(C(C)C)cn2)c1. The Hall–Kier alpha value is -2.86. The van der Waals surface area contributed by atoms with Crippen molar-refractivity contribution < 1.29 is 22.6 Å². The fraction of sp³-hybridized carbons (Fsp3) is 0.375. The minimum atomic E-state index is -4.14. The number of anilines is 2. The summed E-state index contributed by atoms with van der Waals surface area (Å²) in [5.41, 5.74) is 0.915. The van der Waals surface area contributed by atoms with Gasteiger partial charge in [-0.05, 0) is 29.7 Å². The molecule has 10 nitrogen and oxygen atoms in total. The maximum Gasteiger partial charge on any atom is 0.282 e. The molecule has 198 valence electrons. The van der Waals surface area contributed by atoms with E-state index in [1.807, 2.05) is 18.7 Å². The molecule has 2 aromatic heterocycles. The van der Waals surface area contributed by atoms with Gasteiger partial charge in [0.05, 0.1) is 25.3 Å². The van der Waals surface area contributed by atoms with E-state index < -0.39 is 10.0 Å². The van der Waals surface area contributed by atoms with Gasteiger partial charge in [0.25, 0.3) is 10.0 Å². The van der Waals surface area contributed by atoms with E-state index in [2.05, 4.69) is 15.0 Å². The van der Waals surface area contributed by atoms with E-state index in [1.54, 1.807) is 30.5 Å². The van der Waals surface area contributed by atoms with Crippen molar-refractivity contribution in [3.05, 3.63) is 52.3 Å². The molecule has 13 heteroatoms. The van der Waals surface area contributed by atoms with Crippen LogP contribution in [0.25, 0.3) is 0 Å². The van der Waals surface area contributed by atoms with Crippen LogP contribution in [0.15, 0.2) is 41.6 Å². The molecule has 0 N–H and O–H groups in total. The Kier molecular flexibility index (Phi) is 8.27. The first-order valence-electron chi connectivity index (χ1n) is 11.5. The van der Waals surface area contributed by atoms with Crippen molar-refractivity contribution in [1.29, 1.82) is 0 Å². The van der Waals surface area contributed by atoms with E-state index in [0.717, 1.165) is 9.87 Å². The number of sulfonamides is 1. The first-order chi connectivity index (χ1) is 17.6. The van der Waals surface area contributed by atoms with Crippen molar-refractivity contribution in [2.75, 3.05) is 49.7 Å². The number of hydrogen-bond donors (Lipinski definition) is 0. The number of ether oxygens (including phenoxy) is 3. The lowest BCUT2D eigenvalue weighted by Gasteiger charge is -2.28. The smallest absolute Gasteiger partial charge is 0.282 e. The minimum absolute atomic E-state index is 0.0740. The molecule has 0 radical (unpaired) electrons. The molecule has 0 bridgehead atoms. The highest BCUT2D eigenvalue weighted by Gasteiger charge is 2.31. The molecule has 1 fully saturated rings. The second-order valence-corrected chi connectivity index (χ2v) is 11.2. The number of benzene rings is 1. The summed E-state index contributed by atoms with van der Waals surface area (Å²) < 4.78 is 44.9. The standard InChI is InChI=1S/C24H27Cl2N5O5S/c1-15(2)16-5-8-20(27-14-16)37(32,33)30(3)23-21(36-19-13-17(34-4)6-7-18(19)25)22(26)28-24(29-23)31-9-11-35-12-10-31/h5-8,13-15H,9-12H2,1-4H3. The predicted octanol–water partition coefficient (Wildman–Crippen LogP) is 4.76. The average Bonchev–Trinajstić information content (AvgIpc) is 2.90. The van der Waals surface area contributed by atoms with Crippen molar-refractivity contribution >= 4 is 45.0 Å². The zero-order chi connectivity index (χ0) is 26.7. The van der Waals surface area contributed by atoms with Crippen LogP contribution in [-0.4, -0.2) is 63.8 Å². The van der Waals surface area contributed by atoms with Crippen molar-refractivity contribution in [1.82, 2.24) is 15.0 Å². The normalized spacial score (nSPS) is 14.1. The van der Waals surface area contributed by atoms with Crippen LogP contribution in [0.2, 0.25) is 10.2 Å².